The van der Waals surface area contributed by atoms with Crippen molar-refractivity contribution in [1.29, 1.82) is 0 Å². The van der Waals surface area contributed by atoms with Gasteiger partial charge >= 0.3 is 0 Å². The van der Waals surface area contributed by atoms with Crippen molar-refractivity contribution < 1.29 is 19.5 Å². The lowest BCUT2D eigenvalue weighted by atomic mass is 10.0. The Bertz CT molecular complexity index is 429. The summed E-state index contributed by atoms with van der Waals surface area (Å²) < 4.78 is 2.25. The SMILES string of the molecule is CCCCCCCCCCCCCCCC[N+](C)(C)C.CCCCCCCCCCCCCCCC[N+](C)(C)C.CC[O-].[OH-]. The Morgan fingerprint density at radius 3 is 0.568 bits per heavy atom. The average molecular weight is 631 g/mol. The Morgan fingerprint density at radius 2 is 0.432 bits per heavy atom. The van der Waals surface area contributed by atoms with Gasteiger partial charge in [-0.05, 0) is 25.7 Å². The summed E-state index contributed by atoms with van der Waals surface area (Å²) in [6.07, 6.45) is 40.7. The molecule has 0 aliphatic heterocycles. The van der Waals surface area contributed by atoms with Crippen LogP contribution in [0.4, 0.5) is 0 Å². The van der Waals surface area contributed by atoms with Crippen LogP contribution in [0.15, 0.2) is 0 Å². The van der Waals surface area contributed by atoms with Gasteiger partial charge in [0.05, 0.1) is 55.4 Å². The molecule has 0 atom stereocenters. The van der Waals surface area contributed by atoms with Crippen molar-refractivity contribution in [1.82, 2.24) is 0 Å². The summed E-state index contributed by atoms with van der Waals surface area (Å²) in [4.78, 5) is 0. The summed E-state index contributed by atoms with van der Waals surface area (Å²) in [5.41, 5.74) is 0. The second kappa shape index (κ2) is 40.9. The first kappa shape index (κ1) is 50.7. The monoisotopic (exact) mass is 631 g/mol. The zero-order valence-corrected chi connectivity index (χ0v) is 32.7. The van der Waals surface area contributed by atoms with E-state index in [2.05, 4.69) is 56.1 Å². The van der Waals surface area contributed by atoms with E-state index in [1.807, 2.05) is 0 Å². The summed E-state index contributed by atoms with van der Waals surface area (Å²) in [6.45, 7) is 8.82. The Kier molecular flexibility index (Phi) is 47.1. The molecule has 4 nitrogen and oxygen atoms in total. The predicted molar refractivity (Wildman–Crippen MR) is 199 cm³/mol. The van der Waals surface area contributed by atoms with E-state index in [-0.39, 0.29) is 12.1 Å². The maximum atomic E-state index is 8.93. The van der Waals surface area contributed by atoms with E-state index < -0.39 is 0 Å². The first-order valence-electron chi connectivity index (χ1n) is 19.7. The Balaban J connectivity index is -0.000000326. The second-order valence-electron chi connectivity index (χ2n) is 15.5. The molecule has 0 aliphatic carbocycles. The van der Waals surface area contributed by atoms with Crippen LogP contribution in [0, 0.1) is 0 Å². The van der Waals surface area contributed by atoms with Crippen molar-refractivity contribution in [2.45, 2.75) is 201 Å². The van der Waals surface area contributed by atoms with E-state index in [0.717, 1.165) is 8.97 Å². The van der Waals surface area contributed by atoms with Crippen LogP contribution in [0.3, 0.4) is 0 Å². The molecular formula is C40H90N2O2. The van der Waals surface area contributed by atoms with Gasteiger partial charge in [-0.15, -0.1) is 6.61 Å². The minimum Gasteiger partial charge on any atom is -0.870 e. The fourth-order valence-corrected chi connectivity index (χ4v) is 5.56. The summed E-state index contributed by atoms with van der Waals surface area (Å²) in [5, 5.41) is 8.93. The minimum absolute atomic E-state index is 0. The standard InChI is InChI=1S/2C19H42N.C2H5O.H2O/c2*1-5-6-7-8-9-10-11-12-13-14-15-16-17-18-19-20(2,3)4;1-2-3;/h2*5-19H2,1-4H3;2H2,1H3;1H2/q2*+1;-1;/p-1. The van der Waals surface area contributed by atoms with Gasteiger partial charge < -0.3 is 19.5 Å². The molecule has 0 amide bonds. The van der Waals surface area contributed by atoms with Crippen LogP contribution in [0.5, 0.6) is 0 Å². The van der Waals surface area contributed by atoms with Crippen molar-refractivity contribution in [3.63, 3.8) is 0 Å². The molecule has 0 aromatic rings. The molecule has 0 bridgehead atoms. The first-order chi connectivity index (χ1) is 20.5. The Labute approximate surface area is 281 Å². The van der Waals surface area contributed by atoms with Gasteiger partial charge in [-0.25, -0.2) is 0 Å². The average Bonchev–Trinajstić information content (AvgIpc) is 2.93. The zero-order chi connectivity index (χ0) is 32.9. The first-order valence-corrected chi connectivity index (χ1v) is 19.7. The summed E-state index contributed by atoms with van der Waals surface area (Å²) in [7, 11) is 13.8. The van der Waals surface area contributed by atoms with Crippen LogP contribution in [-0.4, -0.2) is 76.4 Å². The van der Waals surface area contributed by atoms with Crippen LogP contribution in [0.2, 0.25) is 0 Å². The minimum atomic E-state index is 0. The molecule has 44 heavy (non-hydrogen) atoms. The molecule has 0 saturated carbocycles. The van der Waals surface area contributed by atoms with Gasteiger partial charge in [-0.2, -0.15) is 0 Å². The number of unbranched alkanes of at least 4 members (excludes halogenated alkanes) is 26. The van der Waals surface area contributed by atoms with Crippen molar-refractivity contribution in [2.24, 2.45) is 0 Å². The third-order valence-corrected chi connectivity index (χ3v) is 8.36. The number of rotatable bonds is 30. The topological polar surface area (TPSA) is 53.1 Å². The lowest BCUT2D eigenvalue weighted by Crippen LogP contribution is -2.35. The molecule has 0 aliphatic rings. The fraction of sp³-hybridized carbons (Fsp3) is 1.00. The predicted octanol–water partition coefficient (Wildman–Crippen LogP) is 11.5. The van der Waals surface area contributed by atoms with Gasteiger partial charge in [-0.1, -0.05) is 175 Å². The molecule has 0 rings (SSSR count). The third kappa shape index (κ3) is 60.9. The van der Waals surface area contributed by atoms with Crippen LogP contribution < -0.4 is 5.11 Å². The van der Waals surface area contributed by atoms with Gasteiger partial charge in [-0.3, -0.25) is 0 Å². The van der Waals surface area contributed by atoms with E-state index in [4.69, 9.17) is 5.11 Å². The smallest absolute Gasteiger partial charge is 0.0780 e. The highest BCUT2D eigenvalue weighted by Gasteiger charge is 2.06. The molecule has 1 N–H and O–H groups in total. The fourth-order valence-electron chi connectivity index (χ4n) is 5.56. The van der Waals surface area contributed by atoms with Gasteiger partial charge in [0.1, 0.15) is 0 Å². The summed E-state index contributed by atoms with van der Waals surface area (Å²) >= 11 is 0. The Hall–Kier alpha value is -0.160. The number of hydrogen-bond donors (Lipinski definition) is 0. The maximum Gasteiger partial charge on any atom is 0.0780 e. The van der Waals surface area contributed by atoms with Crippen LogP contribution >= 0.6 is 0 Å². The van der Waals surface area contributed by atoms with E-state index in [1.165, 1.54) is 193 Å². The molecule has 0 aromatic heterocycles. The molecule has 0 radical (unpaired) electrons. The maximum absolute atomic E-state index is 8.93. The van der Waals surface area contributed by atoms with E-state index >= 15 is 0 Å². The van der Waals surface area contributed by atoms with Gasteiger partial charge in [0.15, 0.2) is 0 Å². The molecule has 0 spiro atoms. The second-order valence-corrected chi connectivity index (χ2v) is 15.5. The summed E-state index contributed by atoms with van der Waals surface area (Å²) in [5.74, 6) is 0. The third-order valence-electron chi connectivity index (χ3n) is 8.36. The van der Waals surface area contributed by atoms with E-state index in [9.17, 15) is 0 Å². The van der Waals surface area contributed by atoms with Gasteiger partial charge in [0.2, 0.25) is 0 Å². The highest BCUT2D eigenvalue weighted by Crippen LogP contribution is 2.14. The normalized spacial score (nSPS) is 11.3. The molecule has 0 saturated heterocycles. The van der Waals surface area contributed by atoms with Gasteiger partial charge in [0, 0.05) is 0 Å². The largest absolute Gasteiger partial charge is 0.870 e. The number of nitrogens with zero attached hydrogens (tertiary/aromatic N) is 2. The lowest BCUT2D eigenvalue weighted by molar-refractivity contribution is -0.870. The van der Waals surface area contributed by atoms with Crippen molar-refractivity contribution >= 4 is 0 Å². The summed E-state index contributed by atoms with van der Waals surface area (Å²) in [6, 6.07) is 0. The molecule has 272 valence electrons. The van der Waals surface area contributed by atoms with E-state index in [0.29, 0.717) is 0 Å². The van der Waals surface area contributed by atoms with Crippen LogP contribution in [-0.2, 0) is 0 Å². The zero-order valence-electron chi connectivity index (χ0n) is 32.7. The van der Waals surface area contributed by atoms with Crippen LogP contribution in [0.1, 0.15) is 201 Å². The molecule has 0 heterocycles. The Morgan fingerprint density at radius 1 is 0.295 bits per heavy atom. The number of hydrogen-bond acceptors (Lipinski definition) is 2. The molecule has 4 heteroatoms. The molecule has 0 aromatic carbocycles. The van der Waals surface area contributed by atoms with Gasteiger partial charge in [0.25, 0.3) is 0 Å². The van der Waals surface area contributed by atoms with Crippen LogP contribution in [0.25, 0.3) is 0 Å². The molecule has 0 unspecified atom stereocenters. The molecular weight excluding hydrogens is 540 g/mol. The van der Waals surface area contributed by atoms with Crippen molar-refractivity contribution in [3.8, 4) is 0 Å². The quantitative estimate of drug-likeness (QED) is 0.0585. The molecule has 0 fully saturated rings. The highest BCUT2D eigenvalue weighted by atomic mass is 16.2. The lowest BCUT2D eigenvalue weighted by Gasteiger charge is -2.23. The number of quaternary nitrogens is 2. The van der Waals surface area contributed by atoms with Crippen molar-refractivity contribution in [2.75, 3.05) is 62.0 Å². The van der Waals surface area contributed by atoms with Crippen molar-refractivity contribution in [3.05, 3.63) is 0 Å². The van der Waals surface area contributed by atoms with E-state index in [1.54, 1.807) is 6.92 Å². The highest BCUT2D eigenvalue weighted by molar-refractivity contribution is 4.50.